The number of fused-ring (bicyclic) bond motifs is 1. The standard InChI is InChI=1S/C21H20F3N3O5/c1-12(19(29)25-13-8-9-16(30-2)17(10-13)31-3)32-18(28)11-27-15-7-5-4-6-14(15)26-20(27)21(22,23)24/h4-10,12H,11H2,1-3H3,(H,25,29). The molecule has 8 nitrogen and oxygen atoms in total. The maximum atomic E-state index is 13.4. The molecule has 0 saturated carbocycles. The molecule has 3 aromatic rings. The Labute approximate surface area is 180 Å². The Bertz CT molecular complexity index is 1140. The van der Waals surface area contributed by atoms with E-state index in [1.165, 1.54) is 45.4 Å². The number of rotatable bonds is 7. The van der Waals surface area contributed by atoms with Gasteiger partial charge in [-0.1, -0.05) is 12.1 Å². The molecule has 2 aromatic carbocycles. The summed E-state index contributed by atoms with van der Waals surface area (Å²) in [4.78, 5) is 28.3. The molecule has 0 fully saturated rings. The van der Waals surface area contributed by atoms with E-state index in [9.17, 15) is 22.8 Å². The first-order valence-electron chi connectivity index (χ1n) is 9.39. The summed E-state index contributed by atoms with van der Waals surface area (Å²) >= 11 is 0. The van der Waals surface area contributed by atoms with E-state index in [2.05, 4.69) is 10.3 Å². The summed E-state index contributed by atoms with van der Waals surface area (Å²) in [5.41, 5.74) is 0.571. The van der Waals surface area contributed by atoms with Gasteiger partial charge in [0.25, 0.3) is 5.91 Å². The molecule has 0 aliphatic carbocycles. The van der Waals surface area contributed by atoms with E-state index in [1.807, 2.05) is 0 Å². The van der Waals surface area contributed by atoms with Gasteiger partial charge in [0.2, 0.25) is 5.82 Å². The number of para-hydroxylation sites is 2. The number of hydrogen-bond acceptors (Lipinski definition) is 6. The van der Waals surface area contributed by atoms with Crippen molar-refractivity contribution in [1.29, 1.82) is 0 Å². The number of imidazole rings is 1. The number of hydrogen-bond donors (Lipinski definition) is 1. The van der Waals surface area contributed by atoms with Crippen molar-refractivity contribution >= 4 is 28.6 Å². The highest BCUT2D eigenvalue weighted by molar-refractivity contribution is 5.95. The van der Waals surface area contributed by atoms with Gasteiger partial charge in [0.1, 0.15) is 6.54 Å². The Balaban J connectivity index is 1.71. The minimum Gasteiger partial charge on any atom is -0.493 e. The highest BCUT2D eigenvalue weighted by atomic mass is 19.4. The van der Waals surface area contributed by atoms with Gasteiger partial charge in [-0.15, -0.1) is 0 Å². The Kier molecular flexibility index (Phi) is 6.56. The van der Waals surface area contributed by atoms with Gasteiger partial charge < -0.3 is 24.1 Å². The zero-order valence-electron chi connectivity index (χ0n) is 17.4. The molecule has 0 spiro atoms. The molecule has 32 heavy (non-hydrogen) atoms. The average molecular weight is 451 g/mol. The summed E-state index contributed by atoms with van der Waals surface area (Å²) in [6, 6.07) is 10.5. The van der Waals surface area contributed by atoms with Crippen molar-refractivity contribution in [3.05, 3.63) is 48.3 Å². The van der Waals surface area contributed by atoms with Crippen LogP contribution < -0.4 is 14.8 Å². The molecule has 3 rings (SSSR count). The lowest BCUT2D eigenvalue weighted by Gasteiger charge is -2.16. The van der Waals surface area contributed by atoms with Crippen LogP contribution in [0.5, 0.6) is 11.5 Å². The third-order valence-corrected chi connectivity index (χ3v) is 4.52. The first kappa shape index (κ1) is 22.9. The lowest BCUT2D eigenvalue weighted by Crippen LogP contribution is -2.31. The van der Waals surface area contributed by atoms with Gasteiger partial charge in [-0.2, -0.15) is 13.2 Å². The number of anilines is 1. The Morgan fingerprint density at radius 1 is 1.09 bits per heavy atom. The van der Waals surface area contributed by atoms with Gasteiger partial charge in [-0.05, 0) is 31.2 Å². The van der Waals surface area contributed by atoms with Crippen LogP contribution in [-0.2, 0) is 27.0 Å². The fourth-order valence-electron chi connectivity index (χ4n) is 3.03. The number of nitrogens with one attached hydrogen (secondary N) is 1. The number of nitrogens with zero attached hydrogens (tertiary/aromatic N) is 2. The number of methoxy groups -OCH3 is 2. The molecule has 0 radical (unpaired) electrons. The molecule has 1 amide bonds. The predicted octanol–water partition coefficient (Wildman–Crippen LogP) is 3.64. The van der Waals surface area contributed by atoms with Crippen LogP contribution in [0, 0.1) is 0 Å². The number of ether oxygens (including phenoxy) is 3. The van der Waals surface area contributed by atoms with Gasteiger partial charge in [0.15, 0.2) is 17.6 Å². The van der Waals surface area contributed by atoms with Crippen LogP contribution in [0.3, 0.4) is 0 Å². The van der Waals surface area contributed by atoms with Crippen LogP contribution in [0.4, 0.5) is 18.9 Å². The molecule has 170 valence electrons. The molecule has 0 saturated heterocycles. The van der Waals surface area contributed by atoms with Crippen LogP contribution in [-0.4, -0.2) is 41.8 Å². The molecule has 1 atom stereocenters. The topological polar surface area (TPSA) is 91.7 Å². The third-order valence-electron chi connectivity index (χ3n) is 4.52. The molecule has 0 aliphatic heterocycles. The molecule has 1 unspecified atom stereocenters. The van der Waals surface area contributed by atoms with E-state index in [-0.39, 0.29) is 11.0 Å². The van der Waals surface area contributed by atoms with Crippen molar-refractivity contribution in [3.63, 3.8) is 0 Å². The van der Waals surface area contributed by atoms with Crippen LogP contribution in [0.1, 0.15) is 12.7 Å². The Morgan fingerprint density at radius 3 is 2.44 bits per heavy atom. The molecular weight excluding hydrogens is 431 g/mol. The highest BCUT2D eigenvalue weighted by Gasteiger charge is 2.38. The van der Waals surface area contributed by atoms with E-state index in [1.54, 1.807) is 18.2 Å². The summed E-state index contributed by atoms with van der Waals surface area (Å²) in [6.07, 6.45) is -6.03. The zero-order chi connectivity index (χ0) is 23.5. The first-order chi connectivity index (χ1) is 15.1. The third kappa shape index (κ3) is 4.93. The van der Waals surface area contributed by atoms with Gasteiger partial charge in [-0.3, -0.25) is 9.59 Å². The molecular formula is C21H20F3N3O5. The number of aromatic nitrogens is 2. The average Bonchev–Trinajstić information content (AvgIpc) is 3.12. The van der Waals surface area contributed by atoms with Gasteiger partial charge in [0.05, 0.1) is 25.3 Å². The molecule has 0 aliphatic rings. The summed E-state index contributed by atoms with van der Waals surface area (Å²) < 4.78 is 56.1. The van der Waals surface area contributed by atoms with E-state index in [4.69, 9.17) is 14.2 Å². The summed E-state index contributed by atoms with van der Waals surface area (Å²) in [7, 11) is 2.90. The van der Waals surface area contributed by atoms with Gasteiger partial charge in [0, 0.05) is 11.8 Å². The molecule has 1 aromatic heterocycles. The lowest BCUT2D eigenvalue weighted by molar-refractivity contribution is -0.156. The second-order valence-corrected chi connectivity index (χ2v) is 6.70. The zero-order valence-corrected chi connectivity index (χ0v) is 17.4. The fraction of sp³-hybridized carbons (Fsp3) is 0.286. The number of esters is 1. The number of alkyl halides is 3. The Hall–Kier alpha value is -3.76. The van der Waals surface area contributed by atoms with Crippen molar-refractivity contribution in [3.8, 4) is 11.5 Å². The fourth-order valence-corrected chi connectivity index (χ4v) is 3.03. The minimum absolute atomic E-state index is 0.0897. The van der Waals surface area contributed by atoms with Crippen LogP contribution in [0.2, 0.25) is 0 Å². The molecule has 11 heteroatoms. The number of carbonyl (C=O) groups excluding carboxylic acids is 2. The van der Waals surface area contributed by atoms with Gasteiger partial charge >= 0.3 is 12.1 Å². The predicted molar refractivity (Wildman–Crippen MR) is 108 cm³/mol. The van der Waals surface area contributed by atoms with Gasteiger partial charge in [-0.25, -0.2) is 4.98 Å². The largest absolute Gasteiger partial charge is 0.493 e. The number of carbonyl (C=O) groups is 2. The quantitative estimate of drug-likeness (QED) is 0.552. The second-order valence-electron chi connectivity index (χ2n) is 6.70. The maximum Gasteiger partial charge on any atom is 0.449 e. The summed E-state index contributed by atoms with van der Waals surface area (Å²) in [5, 5.41) is 2.55. The second kappa shape index (κ2) is 9.16. The van der Waals surface area contributed by atoms with Crippen LogP contribution >= 0.6 is 0 Å². The molecule has 0 bridgehead atoms. The van der Waals surface area contributed by atoms with Crippen molar-refractivity contribution in [2.75, 3.05) is 19.5 Å². The van der Waals surface area contributed by atoms with E-state index >= 15 is 0 Å². The van der Waals surface area contributed by atoms with Crippen LogP contribution in [0.25, 0.3) is 11.0 Å². The highest BCUT2D eigenvalue weighted by Crippen LogP contribution is 2.32. The normalized spacial score (nSPS) is 12.3. The lowest BCUT2D eigenvalue weighted by atomic mass is 10.2. The maximum absolute atomic E-state index is 13.4. The molecule has 1 heterocycles. The van der Waals surface area contributed by atoms with Crippen LogP contribution in [0.15, 0.2) is 42.5 Å². The van der Waals surface area contributed by atoms with Crippen molar-refractivity contribution in [1.82, 2.24) is 9.55 Å². The molecule has 1 N–H and O–H groups in total. The first-order valence-corrected chi connectivity index (χ1v) is 9.39. The number of amides is 1. The number of benzene rings is 2. The minimum atomic E-state index is -4.77. The van der Waals surface area contributed by atoms with E-state index < -0.39 is 36.5 Å². The van der Waals surface area contributed by atoms with Crippen molar-refractivity contribution in [2.45, 2.75) is 25.7 Å². The van der Waals surface area contributed by atoms with E-state index in [0.29, 0.717) is 17.2 Å². The summed E-state index contributed by atoms with van der Waals surface area (Å²) in [5.74, 6) is -2.08. The van der Waals surface area contributed by atoms with Crippen molar-refractivity contribution < 1.29 is 37.0 Å². The smallest absolute Gasteiger partial charge is 0.449 e. The summed E-state index contributed by atoms with van der Waals surface area (Å²) in [6.45, 7) is 0.550. The van der Waals surface area contributed by atoms with E-state index in [0.717, 1.165) is 4.57 Å². The van der Waals surface area contributed by atoms with Crippen molar-refractivity contribution in [2.24, 2.45) is 0 Å². The number of halogens is 3. The Morgan fingerprint density at radius 2 is 1.78 bits per heavy atom. The monoisotopic (exact) mass is 451 g/mol. The SMILES string of the molecule is COc1ccc(NC(=O)C(C)OC(=O)Cn2c(C(F)(F)F)nc3ccccc32)cc1OC.